The molecule has 10 heteroatoms. The van der Waals surface area contributed by atoms with Crippen LogP contribution in [0.1, 0.15) is 29.8 Å². The summed E-state index contributed by atoms with van der Waals surface area (Å²) in [6.45, 7) is 5.66. The molecule has 0 aliphatic heterocycles. The summed E-state index contributed by atoms with van der Waals surface area (Å²) in [6, 6.07) is 5.57. The molecule has 30 heavy (non-hydrogen) atoms. The number of hydrogen-bond donors (Lipinski definition) is 1. The van der Waals surface area contributed by atoms with Gasteiger partial charge >= 0.3 is 0 Å². The first kappa shape index (κ1) is 23.6. The van der Waals surface area contributed by atoms with Gasteiger partial charge in [-0.05, 0) is 36.8 Å². The summed E-state index contributed by atoms with van der Waals surface area (Å²) in [4.78, 5) is 16.8. The minimum absolute atomic E-state index is 0.0130. The topological polar surface area (TPSA) is 92.5 Å². The van der Waals surface area contributed by atoms with E-state index < -0.39 is 21.7 Å². The van der Waals surface area contributed by atoms with Gasteiger partial charge in [-0.2, -0.15) is 4.98 Å². The second-order valence-corrected chi connectivity index (χ2v) is 8.67. The molecule has 0 saturated heterocycles. The number of carbonyl (C=O) groups is 1. The molecule has 7 nitrogen and oxygen atoms in total. The first-order chi connectivity index (χ1) is 14.0. The Morgan fingerprint density at radius 3 is 2.43 bits per heavy atom. The monoisotopic (exact) mass is 455 g/mol. The molecule has 0 fully saturated rings. The van der Waals surface area contributed by atoms with E-state index >= 15 is 0 Å². The second kappa shape index (κ2) is 9.01. The van der Waals surface area contributed by atoms with Crippen LogP contribution in [0.4, 0.5) is 10.2 Å². The smallest absolute Gasteiger partial charge is 0.255 e. The van der Waals surface area contributed by atoms with E-state index in [-0.39, 0.29) is 33.4 Å². The summed E-state index contributed by atoms with van der Waals surface area (Å²) in [5.41, 5.74) is 0.660. The highest BCUT2D eigenvalue weighted by atomic mass is 35.5. The third-order valence-electron chi connectivity index (χ3n) is 4.27. The zero-order chi connectivity index (χ0) is 22.8. The number of hydrogen-bond acceptors (Lipinski definition) is 5. The zero-order valence-electron chi connectivity index (χ0n) is 17.5. The Kier molecular flexibility index (Phi) is 7.10. The molecular formula is C20H23ClFN3O4S. The molecule has 3 rings (SSSR count). The number of rotatable bonds is 4. The molecule has 0 unspecified atom stereocenters. The maximum Gasteiger partial charge on any atom is 0.255 e. The molecule has 0 atom stereocenters. The molecule has 0 radical (unpaired) electrons. The van der Waals surface area contributed by atoms with E-state index in [1.54, 1.807) is 13.0 Å². The van der Waals surface area contributed by atoms with Crippen LogP contribution in [0.3, 0.4) is 0 Å². The van der Waals surface area contributed by atoms with Gasteiger partial charge in [-0.3, -0.25) is 9.10 Å². The van der Waals surface area contributed by atoms with Crippen LogP contribution in [-0.2, 0) is 10.0 Å². The molecule has 0 aliphatic carbocycles. The Balaban J connectivity index is 0.00000155. The Morgan fingerprint density at radius 1 is 1.27 bits per heavy atom. The summed E-state index contributed by atoms with van der Waals surface area (Å²) in [7, 11) is -0.760. The van der Waals surface area contributed by atoms with Gasteiger partial charge in [-0.15, -0.1) is 0 Å². The number of carbonyl (C=O) groups excluding carboxylic acids is 1. The van der Waals surface area contributed by atoms with Crippen molar-refractivity contribution in [2.45, 2.75) is 20.8 Å². The van der Waals surface area contributed by atoms with Gasteiger partial charge in [0.2, 0.25) is 15.7 Å². The summed E-state index contributed by atoms with van der Waals surface area (Å²) >= 11 is 5.81. The first-order valence-corrected chi connectivity index (χ1v) is 11.3. The molecule has 162 valence electrons. The van der Waals surface area contributed by atoms with Gasteiger partial charge in [0.1, 0.15) is 11.6 Å². The van der Waals surface area contributed by atoms with Crippen LogP contribution in [-0.4, -0.2) is 39.7 Å². The fraction of sp³-hybridized carbons (Fsp3) is 0.300. The Bertz CT molecular complexity index is 1210. The summed E-state index contributed by atoms with van der Waals surface area (Å²) in [5.74, 6) is -1.03. The van der Waals surface area contributed by atoms with Gasteiger partial charge in [0.25, 0.3) is 5.91 Å². The van der Waals surface area contributed by atoms with Crippen molar-refractivity contribution in [3.05, 3.63) is 46.2 Å². The molecule has 2 heterocycles. The zero-order valence-corrected chi connectivity index (χ0v) is 19.1. The van der Waals surface area contributed by atoms with Crippen molar-refractivity contribution in [2.75, 3.05) is 24.7 Å². The molecule has 1 N–H and O–H groups in total. The van der Waals surface area contributed by atoms with Crippen molar-refractivity contribution in [1.29, 1.82) is 0 Å². The maximum atomic E-state index is 14.5. The van der Waals surface area contributed by atoms with E-state index in [4.69, 9.17) is 16.0 Å². The number of aryl methyl sites for hydroxylation is 1. The maximum absolute atomic E-state index is 14.5. The fourth-order valence-electron chi connectivity index (χ4n) is 2.80. The first-order valence-electron chi connectivity index (χ1n) is 9.10. The van der Waals surface area contributed by atoms with Crippen molar-refractivity contribution < 1.29 is 22.0 Å². The average molecular weight is 456 g/mol. The van der Waals surface area contributed by atoms with Gasteiger partial charge in [-0.25, -0.2) is 12.8 Å². The number of aromatic nitrogens is 1. The summed E-state index contributed by atoms with van der Waals surface area (Å²) < 4.78 is 44.9. The van der Waals surface area contributed by atoms with Crippen LogP contribution in [0.2, 0.25) is 5.02 Å². The van der Waals surface area contributed by atoms with Gasteiger partial charge in [0, 0.05) is 19.1 Å². The molecule has 3 aromatic rings. The van der Waals surface area contributed by atoms with Crippen molar-refractivity contribution in [3.8, 4) is 11.3 Å². The molecule has 0 bridgehead atoms. The van der Waals surface area contributed by atoms with E-state index in [9.17, 15) is 17.6 Å². The van der Waals surface area contributed by atoms with Gasteiger partial charge in [-0.1, -0.05) is 25.4 Å². The number of anilines is 1. The van der Waals surface area contributed by atoms with E-state index in [0.29, 0.717) is 10.9 Å². The number of furan rings is 1. The van der Waals surface area contributed by atoms with Crippen LogP contribution in [0.5, 0.6) is 0 Å². The van der Waals surface area contributed by atoms with Gasteiger partial charge < -0.3 is 9.73 Å². The molecule has 1 aromatic carbocycles. The van der Waals surface area contributed by atoms with Crippen molar-refractivity contribution >= 4 is 44.4 Å². The highest BCUT2D eigenvalue weighted by Gasteiger charge is 2.26. The number of halogens is 2. The van der Waals surface area contributed by atoms with E-state index in [1.165, 1.54) is 26.2 Å². The van der Waals surface area contributed by atoms with E-state index in [0.717, 1.165) is 16.6 Å². The molecular weight excluding hydrogens is 433 g/mol. The van der Waals surface area contributed by atoms with Gasteiger partial charge in [0.05, 0.1) is 22.8 Å². The minimum atomic E-state index is -3.56. The SMILES string of the molecule is CC.CNC(=O)c1c(-c2ccc(Cl)cc2F)oc2nc(N(C)S(C)(=O)=O)c(C)cc12. The van der Waals surface area contributed by atoms with Crippen LogP contribution in [0, 0.1) is 12.7 Å². The van der Waals surface area contributed by atoms with Crippen molar-refractivity contribution in [1.82, 2.24) is 10.3 Å². The van der Waals surface area contributed by atoms with Crippen molar-refractivity contribution in [2.24, 2.45) is 0 Å². The number of amides is 1. The Morgan fingerprint density at radius 2 is 1.90 bits per heavy atom. The lowest BCUT2D eigenvalue weighted by Gasteiger charge is -2.17. The lowest BCUT2D eigenvalue weighted by molar-refractivity contribution is 0.0964. The summed E-state index contributed by atoms with van der Waals surface area (Å²) in [6.07, 6.45) is 1.05. The van der Waals surface area contributed by atoms with E-state index in [2.05, 4.69) is 10.3 Å². The van der Waals surface area contributed by atoms with Gasteiger partial charge in [0.15, 0.2) is 5.76 Å². The predicted octanol–water partition coefficient (Wildman–Crippen LogP) is 4.38. The average Bonchev–Trinajstić information content (AvgIpc) is 3.04. The molecule has 2 aromatic heterocycles. The highest BCUT2D eigenvalue weighted by Crippen LogP contribution is 2.37. The Labute approximate surface area is 179 Å². The number of pyridine rings is 1. The Hall–Kier alpha value is -2.65. The third kappa shape index (κ3) is 4.41. The van der Waals surface area contributed by atoms with E-state index in [1.807, 2.05) is 13.8 Å². The van der Waals surface area contributed by atoms with Crippen molar-refractivity contribution in [3.63, 3.8) is 0 Å². The number of fused-ring (bicyclic) bond motifs is 1. The van der Waals surface area contributed by atoms with Crippen LogP contribution >= 0.6 is 11.6 Å². The normalized spacial score (nSPS) is 11.1. The molecule has 0 spiro atoms. The predicted molar refractivity (Wildman–Crippen MR) is 117 cm³/mol. The highest BCUT2D eigenvalue weighted by molar-refractivity contribution is 7.92. The second-order valence-electron chi connectivity index (χ2n) is 6.22. The molecule has 1 amide bonds. The largest absolute Gasteiger partial charge is 0.437 e. The lowest BCUT2D eigenvalue weighted by atomic mass is 10.0. The number of sulfonamides is 1. The number of nitrogens with one attached hydrogen (secondary N) is 1. The third-order valence-corrected chi connectivity index (χ3v) is 5.68. The van der Waals surface area contributed by atoms with Crippen LogP contribution < -0.4 is 9.62 Å². The fourth-order valence-corrected chi connectivity index (χ4v) is 3.46. The quantitative estimate of drug-likeness (QED) is 0.630. The standard InChI is InChI=1S/C18H17ClFN3O4S.C2H6/c1-9-7-12-14(17(24)21-2)15(11-6-5-10(19)8-13(11)20)27-18(12)22-16(9)23(3)28(4,25)26;1-2/h5-8H,1-4H3,(H,21,24);1-2H3. The van der Waals surface area contributed by atoms with Crippen LogP contribution in [0.25, 0.3) is 22.4 Å². The lowest BCUT2D eigenvalue weighted by Crippen LogP contribution is -2.26. The number of nitrogens with zero attached hydrogens (tertiary/aromatic N) is 2. The molecule has 0 aliphatic rings. The number of benzene rings is 1. The van der Waals surface area contributed by atoms with Crippen LogP contribution in [0.15, 0.2) is 28.7 Å². The summed E-state index contributed by atoms with van der Waals surface area (Å²) in [5, 5.41) is 3.04. The minimum Gasteiger partial charge on any atom is -0.437 e. The molecule has 0 saturated carbocycles.